The maximum Gasteiger partial charge on any atom is 0.137 e. The van der Waals surface area contributed by atoms with Crippen molar-refractivity contribution in [2.45, 2.75) is 13.0 Å². The normalized spacial score (nSPS) is 13.1. The first-order valence-corrected chi connectivity index (χ1v) is 5.55. The molecule has 0 aliphatic heterocycles. The smallest absolute Gasteiger partial charge is 0.137 e. The van der Waals surface area contributed by atoms with Crippen LogP contribution in [0.25, 0.3) is 10.9 Å². The SMILES string of the molecule is Cc1ccc(C(O)c2ccc3[nH]ccc3c2)o1. The molecule has 3 aromatic rings. The van der Waals surface area contributed by atoms with Crippen molar-refractivity contribution in [1.29, 1.82) is 0 Å². The standard InChI is InChI=1S/C14H13NO2/c1-9-2-5-13(17-9)14(16)11-3-4-12-10(8-11)6-7-15-12/h2-8,14-16H,1H3. The number of fused-ring (bicyclic) bond motifs is 1. The Labute approximate surface area is 98.7 Å². The molecule has 0 amide bonds. The average Bonchev–Trinajstić information content (AvgIpc) is 2.95. The van der Waals surface area contributed by atoms with Crippen LogP contribution in [0.5, 0.6) is 0 Å². The van der Waals surface area contributed by atoms with Crippen LogP contribution in [0.2, 0.25) is 0 Å². The minimum absolute atomic E-state index is 0.581. The number of furan rings is 1. The summed E-state index contributed by atoms with van der Waals surface area (Å²) in [6.45, 7) is 1.87. The molecule has 3 heteroatoms. The molecule has 0 spiro atoms. The Kier molecular flexibility index (Phi) is 2.27. The van der Waals surface area contributed by atoms with Crippen LogP contribution in [0, 0.1) is 6.92 Å². The molecule has 0 saturated heterocycles. The molecule has 2 aromatic heterocycles. The lowest BCUT2D eigenvalue weighted by Crippen LogP contribution is -1.97. The number of aliphatic hydroxyl groups is 1. The Bertz CT molecular complexity index is 651. The molecular formula is C14H13NO2. The zero-order valence-electron chi connectivity index (χ0n) is 9.47. The molecule has 2 N–H and O–H groups in total. The van der Waals surface area contributed by atoms with Crippen LogP contribution in [0.1, 0.15) is 23.2 Å². The van der Waals surface area contributed by atoms with Crippen molar-refractivity contribution in [3.8, 4) is 0 Å². The van der Waals surface area contributed by atoms with Crippen molar-refractivity contribution in [2.75, 3.05) is 0 Å². The number of H-pyrrole nitrogens is 1. The quantitative estimate of drug-likeness (QED) is 0.706. The number of rotatable bonds is 2. The minimum Gasteiger partial charge on any atom is -0.463 e. The first kappa shape index (κ1) is 10.2. The van der Waals surface area contributed by atoms with Crippen molar-refractivity contribution in [1.82, 2.24) is 4.98 Å². The van der Waals surface area contributed by atoms with E-state index in [0.717, 1.165) is 22.2 Å². The molecule has 0 fully saturated rings. The number of hydrogen-bond donors (Lipinski definition) is 2. The van der Waals surface area contributed by atoms with Crippen molar-refractivity contribution >= 4 is 10.9 Å². The minimum atomic E-state index is -0.706. The molecule has 0 bridgehead atoms. The summed E-state index contributed by atoms with van der Waals surface area (Å²) in [4.78, 5) is 3.12. The molecular weight excluding hydrogens is 214 g/mol. The monoisotopic (exact) mass is 227 g/mol. The maximum absolute atomic E-state index is 10.2. The number of nitrogens with one attached hydrogen (secondary N) is 1. The van der Waals surface area contributed by atoms with Gasteiger partial charge in [-0.25, -0.2) is 0 Å². The van der Waals surface area contributed by atoms with Crippen LogP contribution >= 0.6 is 0 Å². The lowest BCUT2D eigenvalue weighted by Gasteiger charge is -2.08. The molecule has 0 radical (unpaired) electrons. The summed E-state index contributed by atoms with van der Waals surface area (Å²) in [5, 5.41) is 11.3. The highest BCUT2D eigenvalue weighted by molar-refractivity contribution is 5.80. The Balaban J connectivity index is 2.02. The molecule has 3 nitrogen and oxygen atoms in total. The number of hydrogen-bond acceptors (Lipinski definition) is 2. The summed E-state index contributed by atoms with van der Waals surface area (Å²) in [6.07, 6.45) is 1.18. The van der Waals surface area contributed by atoms with Gasteiger partial charge in [0.25, 0.3) is 0 Å². The van der Waals surface area contributed by atoms with Crippen LogP contribution in [-0.4, -0.2) is 10.1 Å². The Morgan fingerprint density at radius 1 is 1.18 bits per heavy atom. The van der Waals surface area contributed by atoms with Gasteiger partial charge in [-0.1, -0.05) is 6.07 Å². The van der Waals surface area contributed by atoms with Crippen LogP contribution < -0.4 is 0 Å². The van der Waals surface area contributed by atoms with E-state index in [2.05, 4.69) is 4.98 Å². The summed E-state index contributed by atoms with van der Waals surface area (Å²) in [7, 11) is 0. The molecule has 1 aromatic carbocycles. The van der Waals surface area contributed by atoms with E-state index in [4.69, 9.17) is 4.42 Å². The predicted molar refractivity (Wildman–Crippen MR) is 65.8 cm³/mol. The lowest BCUT2D eigenvalue weighted by molar-refractivity contribution is 0.188. The van der Waals surface area contributed by atoms with Gasteiger partial charge in [-0.2, -0.15) is 0 Å². The number of aryl methyl sites for hydroxylation is 1. The van der Waals surface area contributed by atoms with Crippen LogP contribution in [0.3, 0.4) is 0 Å². The van der Waals surface area contributed by atoms with Gasteiger partial charge in [0.15, 0.2) is 0 Å². The Hall–Kier alpha value is -2.00. The number of benzene rings is 1. The van der Waals surface area contributed by atoms with E-state index >= 15 is 0 Å². The second kappa shape index (κ2) is 3.79. The van der Waals surface area contributed by atoms with Gasteiger partial charge < -0.3 is 14.5 Å². The summed E-state index contributed by atoms with van der Waals surface area (Å²) in [5.41, 5.74) is 1.91. The van der Waals surface area contributed by atoms with Crippen LogP contribution in [0.4, 0.5) is 0 Å². The van der Waals surface area contributed by atoms with Crippen molar-refractivity contribution in [3.63, 3.8) is 0 Å². The molecule has 86 valence electrons. The van der Waals surface area contributed by atoms with E-state index in [1.165, 1.54) is 0 Å². The molecule has 0 aliphatic carbocycles. The Morgan fingerprint density at radius 2 is 2.06 bits per heavy atom. The van der Waals surface area contributed by atoms with Gasteiger partial charge in [0.2, 0.25) is 0 Å². The summed E-state index contributed by atoms with van der Waals surface area (Å²) in [6, 6.07) is 11.5. The van der Waals surface area contributed by atoms with E-state index in [1.807, 2.05) is 43.5 Å². The lowest BCUT2D eigenvalue weighted by atomic mass is 10.1. The van der Waals surface area contributed by atoms with Gasteiger partial charge in [-0.15, -0.1) is 0 Å². The van der Waals surface area contributed by atoms with E-state index < -0.39 is 6.10 Å². The highest BCUT2D eigenvalue weighted by Crippen LogP contribution is 2.26. The molecule has 1 unspecified atom stereocenters. The van der Waals surface area contributed by atoms with Crippen LogP contribution in [0.15, 0.2) is 47.0 Å². The van der Waals surface area contributed by atoms with E-state index in [9.17, 15) is 5.11 Å². The number of aliphatic hydroxyl groups excluding tert-OH is 1. The molecule has 2 heterocycles. The molecule has 0 aliphatic rings. The molecule has 0 saturated carbocycles. The predicted octanol–water partition coefficient (Wildman–Crippen LogP) is 3.15. The van der Waals surface area contributed by atoms with E-state index in [1.54, 1.807) is 6.07 Å². The van der Waals surface area contributed by atoms with Gasteiger partial charge in [0, 0.05) is 11.7 Å². The number of aromatic amines is 1. The second-order valence-corrected chi connectivity index (χ2v) is 4.18. The summed E-state index contributed by atoms with van der Waals surface area (Å²) in [5.74, 6) is 1.39. The van der Waals surface area contributed by atoms with Gasteiger partial charge in [-0.05, 0) is 48.2 Å². The first-order chi connectivity index (χ1) is 8.24. The van der Waals surface area contributed by atoms with Crippen molar-refractivity contribution in [2.24, 2.45) is 0 Å². The van der Waals surface area contributed by atoms with Gasteiger partial charge in [-0.3, -0.25) is 0 Å². The third kappa shape index (κ3) is 1.74. The highest BCUT2D eigenvalue weighted by Gasteiger charge is 2.14. The zero-order valence-corrected chi connectivity index (χ0v) is 9.47. The molecule has 17 heavy (non-hydrogen) atoms. The van der Waals surface area contributed by atoms with Gasteiger partial charge in [0.05, 0.1) is 0 Å². The fourth-order valence-electron chi connectivity index (χ4n) is 2.01. The molecule has 3 rings (SSSR count). The maximum atomic E-state index is 10.2. The van der Waals surface area contributed by atoms with Gasteiger partial charge in [0.1, 0.15) is 17.6 Å². The summed E-state index contributed by atoms with van der Waals surface area (Å²) >= 11 is 0. The largest absolute Gasteiger partial charge is 0.463 e. The fraction of sp³-hybridized carbons (Fsp3) is 0.143. The Morgan fingerprint density at radius 3 is 2.82 bits per heavy atom. The van der Waals surface area contributed by atoms with E-state index in [0.29, 0.717) is 5.76 Å². The first-order valence-electron chi connectivity index (χ1n) is 5.55. The summed E-state index contributed by atoms with van der Waals surface area (Å²) < 4.78 is 5.44. The molecule has 1 atom stereocenters. The van der Waals surface area contributed by atoms with Crippen LogP contribution in [-0.2, 0) is 0 Å². The van der Waals surface area contributed by atoms with Crippen molar-refractivity contribution in [3.05, 3.63) is 59.7 Å². The topological polar surface area (TPSA) is 49.2 Å². The third-order valence-electron chi connectivity index (χ3n) is 2.92. The highest BCUT2D eigenvalue weighted by atomic mass is 16.4. The third-order valence-corrected chi connectivity index (χ3v) is 2.92. The fourth-order valence-corrected chi connectivity index (χ4v) is 2.01. The van der Waals surface area contributed by atoms with Gasteiger partial charge >= 0.3 is 0 Å². The van der Waals surface area contributed by atoms with Crippen molar-refractivity contribution < 1.29 is 9.52 Å². The zero-order chi connectivity index (χ0) is 11.8. The van der Waals surface area contributed by atoms with E-state index in [-0.39, 0.29) is 0 Å². The second-order valence-electron chi connectivity index (χ2n) is 4.18. The number of aromatic nitrogens is 1. The average molecular weight is 227 g/mol.